The number of ether oxygens (including phenoxy) is 2. The maximum absolute atomic E-state index is 12.1. The van der Waals surface area contributed by atoms with Crippen LogP contribution in [-0.4, -0.2) is 31.1 Å². The highest BCUT2D eigenvalue weighted by molar-refractivity contribution is 6.04. The standard InChI is InChI=1S/C21H21NO4/c1-15(17-9-8-16-6-4-5-7-18(16)14-17)22-12-10-21(11-13-22,19(23)25-2)20(24)26-3/h4-15H,1-3H3/t15-/m1/s1. The minimum atomic E-state index is -1.54. The first-order valence-corrected chi connectivity index (χ1v) is 8.33. The second kappa shape index (κ2) is 7.04. The molecule has 2 aromatic carbocycles. The maximum Gasteiger partial charge on any atom is 0.331 e. The smallest absolute Gasteiger partial charge is 0.331 e. The third kappa shape index (κ3) is 2.96. The summed E-state index contributed by atoms with van der Waals surface area (Å²) < 4.78 is 9.57. The molecule has 5 nitrogen and oxygen atoms in total. The van der Waals surface area contributed by atoms with Gasteiger partial charge in [0.05, 0.1) is 20.3 Å². The molecule has 0 aliphatic carbocycles. The number of fused-ring (bicyclic) bond motifs is 1. The zero-order chi connectivity index (χ0) is 18.7. The number of hydrogen-bond acceptors (Lipinski definition) is 5. The van der Waals surface area contributed by atoms with Crippen molar-refractivity contribution in [1.29, 1.82) is 0 Å². The van der Waals surface area contributed by atoms with Crippen LogP contribution >= 0.6 is 0 Å². The number of carbonyl (C=O) groups is 2. The average molecular weight is 351 g/mol. The number of hydrogen-bond donors (Lipinski definition) is 0. The molecule has 0 N–H and O–H groups in total. The van der Waals surface area contributed by atoms with E-state index in [1.54, 1.807) is 12.4 Å². The van der Waals surface area contributed by atoms with Crippen LogP contribution < -0.4 is 0 Å². The average Bonchev–Trinajstić information content (AvgIpc) is 2.71. The van der Waals surface area contributed by atoms with E-state index < -0.39 is 17.4 Å². The summed E-state index contributed by atoms with van der Waals surface area (Å²) in [5, 5.41) is 2.35. The molecule has 0 spiro atoms. The quantitative estimate of drug-likeness (QED) is 0.622. The van der Waals surface area contributed by atoms with Crippen LogP contribution in [0.2, 0.25) is 0 Å². The fourth-order valence-corrected chi connectivity index (χ4v) is 3.10. The largest absolute Gasteiger partial charge is 0.468 e. The van der Waals surface area contributed by atoms with Crippen LogP contribution in [0.25, 0.3) is 10.8 Å². The summed E-state index contributed by atoms with van der Waals surface area (Å²) in [6.45, 7) is 2.06. The molecule has 134 valence electrons. The molecule has 0 amide bonds. The van der Waals surface area contributed by atoms with Crippen molar-refractivity contribution in [3.63, 3.8) is 0 Å². The van der Waals surface area contributed by atoms with Gasteiger partial charge < -0.3 is 14.4 Å². The lowest BCUT2D eigenvalue weighted by molar-refractivity contribution is -0.161. The van der Waals surface area contributed by atoms with Crippen LogP contribution in [0, 0.1) is 5.41 Å². The van der Waals surface area contributed by atoms with Crippen LogP contribution in [0.5, 0.6) is 0 Å². The van der Waals surface area contributed by atoms with Gasteiger partial charge in [0.2, 0.25) is 5.41 Å². The summed E-state index contributed by atoms with van der Waals surface area (Å²) in [6.07, 6.45) is 6.46. The number of esters is 2. The minimum Gasteiger partial charge on any atom is -0.468 e. The fourth-order valence-electron chi connectivity index (χ4n) is 3.10. The molecule has 2 aromatic rings. The van der Waals surface area contributed by atoms with E-state index in [4.69, 9.17) is 9.47 Å². The van der Waals surface area contributed by atoms with E-state index in [1.165, 1.54) is 37.1 Å². The van der Waals surface area contributed by atoms with Crippen molar-refractivity contribution in [2.24, 2.45) is 5.41 Å². The summed E-state index contributed by atoms with van der Waals surface area (Å²) in [5.74, 6) is -1.34. The molecular weight excluding hydrogens is 330 g/mol. The lowest BCUT2D eigenvalue weighted by Crippen LogP contribution is -2.40. The van der Waals surface area contributed by atoms with Gasteiger partial charge in [-0.05, 0) is 41.5 Å². The van der Waals surface area contributed by atoms with E-state index in [2.05, 4.69) is 37.3 Å². The summed E-state index contributed by atoms with van der Waals surface area (Å²) in [7, 11) is 2.50. The molecule has 3 rings (SSSR count). The zero-order valence-corrected chi connectivity index (χ0v) is 15.0. The maximum atomic E-state index is 12.1. The summed E-state index contributed by atoms with van der Waals surface area (Å²) in [5.41, 5.74) is -0.412. The van der Waals surface area contributed by atoms with E-state index in [-0.39, 0.29) is 6.04 Å². The Balaban J connectivity index is 1.88. The molecule has 0 fully saturated rings. The van der Waals surface area contributed by atoms with Gasteiger partial charge in [0.25, 0.3) is 0 Å². The molecule has 0 aromatic heterocycles. The van der Waals surface area contributed by atoms with E-state index >= 15 is 0 Å². The number of rotatable bonds is 4. The number of nitrogens with zero attached hydrogens (tertiary/aromatic N) is 1. The highest BCUT2D eigenvalue weighted by atomic mass is 16.5. The van der Waals surface area contributed by atoms with Crippen molar-refractivity contribution in [3.8, 4) is 0 Å². The van der Waals surface area contributed by atoms with Crippen LogP contribution in [0.1, 0.15) is 18.5 Å². The molecule has 1 aliphatic rings. The van der Waals surface area contributed by atoms with Crippen molar-refractivity contribution in [2.75, 3.05) is 14.2 Å². The van der Waals surface area contributed by atoms with Crippen molar-refractivity contribution in [3.05, 3.63) is 72.6 Å². The second-order valence-electron chi connectivity index (χ2n) is 6.21. The first-order chi connectivity index (χ1) is 12.5. The second-order valence-corrected chi connectivity index (χ2v) is 6.21. The molecule has 0 saturated carbocycles. The molecule has 1 heterocycles. The topological polar surface area (TPSA) is 55.8 Å². The number of methoxy groups -OCH3 is 2. The van der Waals surface area contributed by atoms with Gasteiger partial charge in [-0.15, -0.1) is 0 Å². The predicted octanol–water partition coefficient (Wildman–Crippen LogP) is 3.58. The Hall–Kier alpha value is -3.08. The van der Waals surface area contributed by atoms with Crippen LogP contribution in [0.4, 0.5) is 0 Å². The number of carbonyl (C=O) groups excluding carboxylic acids is 2. The van der Waals surface area contributed by atoms with Crippen molar-refractivity contribution in [2.45, 2.75) is 13.0 Å². The Kier molecular flexibility index (Phi) is 4.80. The lowest BCUT2D eigenvalue weighted by atomic mass is 9.86. The van der Waals surface area contributed by atoms with Gasteiger partial charge >= 0.3 is 11.9 Å². The number of benzene rings is 2. The van der Waals surface area contributed by atoms with Gasteiger partial charge in [-0.1, -0.05) is 36.4 Å². The summed E-state index contributed by atoms with van der Waals surface area (Å²) in [6, 6.07) is 14.5. The van der Waals surface area contributed by atoms with E-state index in [0.717, 1.165) is 5.56 Å². The summed E-state index contributed by atoms with van der Waals surface area (Å²) in [4.78, 5) is 26.2. The van der Waals surface area contributed by atoms with Crippen LogP contribution in [-0.2, 0) is 19.1 Å². The van der Waals surface area contributed by atoms with E-state index in [9.17, 15) is 9.59 Å². The molecular formula is C21H21NO4. The molecule has 0 saturated heterocycles. The Morgan fingerprint density at radius 2 is 1.50 bits per heavy atom. The fraction of sp³-hybridized carbons (Fsp3) is 0.238. The van der Waals surface area contributed by atoms with Gasteiger partial charge in [0.1, 0.15) is 0 Å². The van der Waals surface area contributed by atoms with Crippen LogP contribution in [0.3, 0.4) is 0 Å². The van der Waals surface area contributed by atoms with Gasteiger partial charge in [0, 0.05) is 12.4 Å². The lowest BCUT2D eigenvalue weighted by Gasteiger charge is -2.31. The Morgan fingerprint density at radius 3 is 2.08 bits per heavy atom. The molecule has 1 aliphatic heterocycles. The van der Waals surface area contributed by atoms with E-state index in [1.807, 2.05) is 17.0 Å². The third-order valence-electron chi connectivity index (χ3n) is 4.77. The zero-order valence-electron chi connectivity index (χ0n) is 15.0. The van der Waals surface area contributed by atoms with Crippen molar-refractivity contribution < 1.29 is 19.1 Å². The first-order valence-electron chi connectivity index (χ1n) is 8.33. The Bertz CT molecular complexity index is 868. The monoisotopic (exact) mass is 351 g/mol. The molecule has 0 unspecified atom stereocenters. The van der Waals surface area contributed by atoms with Crippen molar-refractivity contribution >= 4 is 22.7 Å². The highest BCUT2D eigenvalue weighted by Crippen LogP contribution is 2.33. The predicted molar refractivity (Wildman–Crippen MR) is 98.9 cm³/mol. The van der Waals surface area contributed by atoms with Gasteiger partial charge in [0.15, 0.2) is 0 Å². The molecule has 5 heteroatoms. The SMILES string of the molecule is COC(=O)C1(C(=O)OC)C=CN([C@H](C)c2ccc3ccccc3c2)C=C1. The third-order valence-corrected chi connectivity index (χ3v) is 4.77. The first kappa shape index (κ1) is 17.7. The normalized spacial score (nSPS) is 16.3. The molecule has 0 bridgehead atoms. The van der Waals surface area contributed by atoms with Gasteiger partial charge in [-0.3, -0.25) is 9.59 Å². The van der Waals surface area contributed by atoms with E-state index in [0.29, 0.717) is 0 Å². The van der Waals surface area contributed by atoms with Gasteiger partial charge in [-0.25, -0.2) is 0 Å². The van der Waals surface area contributed by atoms with Gasteiger partial charge in [-0.2, -0.15) is 0 Å². The highest BCUT2D eigenvalue weighted by Gasteiger charge is 2.45. The minimum absolute atomic E-state index is 0.0281. The molecule has 26 heavy (non-hydrogen) atoms. The summed E-state index contributed by atoms with van der Waals surface area (Å²) >= 11 is 0. The van der Waals surface area contributed by atoms with Crippen molar-refractivity contribution in [1.82, 2.24) is 4.90 Å². The molecule has 0 radical (unpaired) electrons. The Morgan fingerprint density at radius 1 is 0.923 bits per heavy atom. The molecule has 1 atom stereocenters. The Labute approximate surface area is 152 Å². The van der Waals surface area contributed by atoms with Crippen LogP contribution in [0.15, 0.2) is 67.0 Å².